The first-order valence-corrected chi connectivity index (χ1v) is 9.13. The van der Waals surface area contributed by atoms with Gasteiger partial charge in [0.05, 0.1) is 25.9 Å². The molecule has 2 aromatic carbocycles. The number of morpholine rings is 1. The molecule has 1 aliphatic rings. The molecule has 0 bridgehead atoms. The number of benzene rings is 2. The van der Waals surface area contributed by atoms with Crippen LogP contribution in [-0.2, 0) is 4.74 Å². The van der Waals surface area contributed by atoms with E-state index in [9.17, 15) is 4.39 Å². The van der Waals surface area contributed by atoms with Crippen LogP contribution < -0.4 is 9.64 Å². The molecule has 1 fully saturated rings. The summed E-state index contributed by atoms with van der Waals surface area (Å²) in [4.78, 5) is 5.86. The van der Waals surface area contributed by atoms with E-state index >= 15 is 0 Å². The number of methoxy groups -OCH3 is 1. The zero-order valence-corrected chi connectivity index (χ0v) is 15.5. The van der Waals surface area contributed by atoms with Crippen LogP contribution in [0.3, 0.4) is 0 Å². The Labute approximate surface area is 158 Å². The van der Waals surface area contributed by atoms with Crippen molar-refractivity contribution in [3.8, 4) is 17.0 Å². The van der Waals surface area contributed by atoms with Crippen molar-refractivity contribution in [2.45, 2.75) is 19.1 Å². The van der Waals surface area contributed by atoms with Gasteiger partial charge in [-0.3, -0.25) is 0 Å². The molecule has 1 aliphatic heterocycles. The highest BCUT2D eigenvalue weighted by Gasteiger charge is 2.32. The minimum absolute atomic E-state index is 0.0422. The average Bonchev–Trinajstić information content (AvgIpc) is 3.18. The Kier molecular flexibility index (Phi) is 4.86. The number of ether oxygens (including phenoxy) is 2. The van der Waals surface area contributed by atoms with Crippen LogP contribution in [0, 0.1) is 5.82 Å². The molecule has 140 valence electrons. The van der Waals surface area contributed by atoms with Gasteiger partial charge in [-0.1, -0.05) is 0 Å². The summed E-state index contributed by atoms with van der Waals surface area (Å²) in [5.41, 5.74) is 4.15. The average molecular weight is 366 g/mol. The number of hydrogen-bond donors (Lipinski definition) is 1. The van der Waals surface area contributed by atoms with Crippen LogP contribution in [0.4, 0.5) is 10.1 Å². The molecule has 0 spiro atoms. The number of H-pyrrole nitrogens is 1. The van der Waals surface area contributed by atoms with E-state index in [-0.39, 0.29) is 18.0 Å². The number of hydrogen-bond acceptors (Lipinski definition) is 3. The molecule has 0 amide bonds. The minimum Gasteiger partial charge on any atom is -0.497 e. The molecule has 0 saturated carbocycles. The summed E-state index contributed by atoms with van der Waals surface area (Å²) in [5, 5.41) is 0. The van der Waals surface area contributed by atoms with Gasteiger partial charge in [0.15, 0.2) is 0 Å². The lowest BCUT2D eigenvalue weighted by atomic mass is 10.0. The summed E-state index contributed by atoms with van der Waals surface area (Å²) in [6.45, 7) is 3.60. The lowest BCUT2D eigenvalue weighted by Gasteiger charge is -2.41. The molecule has 27 heavy (non-hydrogen) atoms. The maximum absolute atomic E-state index is 13.2. The van der Waals surface area contributed by atoms with Crippen LogP contribution in [0.25, 0.3) is 11.3 Å². The van der Waals surface area contributed by atoms with Crippen molar-refractivity contribution in [1.82, 2.24) is 4.98 Å². The second-order valence-corrected chi connectivity index (χ2v) is 6.75. The van der Waals surface area contributed by atoms with E-state index in [0.29, 0.717) is 6.61 Å². The number of rotatable bonds is 4. The fourth-order valence-electron chi connectivity index (χ4n) is 3.69. The fraction of sp³-hybridized carbons (Fsp3) is 0.273. The molecule has 5 heteroatoms. The van der Waals surface area contributed by atoms with E-state index in [0.717, 1.165) is 34.9 Å². The molecular weight excluding hydrogens is 343 g/mol. The van der Waals surface area contributed by atoms with Crippen molar-refractivity contribution < 1.29 is 13.9 Å². The van der Waals surface area contributed by atoms with Gasteiger partial charge in [-0.2, -0.15) is 0 Å². The first-order valence-electron chi connectivity index (χ1n) is 9.13. The first kappa shape index (κ1) is 17.6. The highest BCUT2D eigenvalue weighted by molar-refractivity contribution is 5.60. The summed E-state index contributed by atoms with van der Waals surface area (Å²) < 4.78 is 24.4. The Morgan fingerprint density at radius 3 is 2.48 bits per heavy atom. The molecule has 2 heterocycles. The SMILES string of the molecule is COc1ccc(N2CCOC(C)C2c2ccc(-c3ccc(F)cc3)[nH]2)cc1. The normalized spacial score (nSPS) is 19.9. The summed E-state index contributed by atoms with van der Waals surface area (Å²) >= 11 is 0. The quantitative estimate of drug-likeness (QED) is 0.721. The van der Waals surface area contributed by atoms with Gasteiger partial charge in [0, 0.05) is 23.6 Å². The molecule has 1 N–H and O–H groups in total. The van der Waals surface area contributed by atoms with E-state index in [1.165, 1.54) is 12.1 Å². The second-order valence-electron chi connectivity index (χ2n) is 6.75. The number of nitrogens with one attached hydrogen (secondary N) is 1. The van der Waals surface area contributed by atoms with Crippen molar-refractivity contribution in [2.75, 3.05) is 25.2 Å². The maximum atomic E-state index is 13.2. The first-order chi connectivity index (χ1) is 13.2. The number of nitrogens with zero attached hydrogens (tertiary/aromatic N) is 1. The van der Waals surface area contributed by atoms with E-state index in [1.54, 1.807) is 19.2 Å². The highest BCUT2D eigenvalue weighted by Crippen LogP contribution is 2.35. The fourth-order valence-corrected chi connectivity index (χ4v) is 3.69. The van der Waals surface area contributed by atoms with Gasteiger partial charge < -0.3 is 19.4 Å². The topological polar surface area (TPSA) is 37.5 Å². The third-order valence-electron chi connectivity index (χ3n) is 5.08. The van der Waals surface area contributed by atoms with Crippen molar-refractivity contribution >= 4 is 5.69 Å². The molecule has 0 radical (unpaired) electrons. The third-order valence-corrected chi connectivity index (χ3v) is 5.08. The lowest BCUT2D eigenvalue weighted by Crippen LogP contribution is -2.44. The zero-order valence-electron chi connectivity index (χ0n) is 15.5. The largest absolute Gasteiger partial charge is 0.497 e. The standard InChI is InChI=1S/C22H23FN2O2/c1-15-22(21-12-11-20(24-21)16-3-5-17(23)6-4-16)25(13-14-27-15)18-7-9-19(26-2)10-8-18/h3-12,15,22,24H,13-14H2,1-2H3. The molecular formula is C22H23FN2O2. The number of aromatic amines is 1. The van der Waals surface area contributed by atoms with Gasteiger partial charge in [0.1, 0.15) is 11.6 Å². The summed E-state index contributed by atoms with van der Waals surface area (Å²) in [7, 11) is 1.67. The lowest BCUT2D eigenvalue weighted by molar-refractivity contribution is 0.0222. The van der Waals surface area contributed by atoms with Crippen LogP contribution in [0.5, 0.6) is 5.75 Å². The van der Waals surface area contributed by atoms with Gasteiger partial charge >= 0.3 is 0 Å². The molecule has 4 nitrogen and oxygen atoms in total. The zero-order chi connectivity index (χ0) is 18.8. The Hall–Kier alpha value is -2.79. The van der Waals surface area contributed by atoms with Gasteiger partial charge in [0.2, 0.25) is 0 Å². The number of anilines is 1. The Morgan fingerprint density at radius 2 is 1.78 bits per heavy atom. The van der Waals surface area contributed by atoms with E-state index in [1.807, 2.05) is 18.2 Å². The van der Waals surface area contributed by atoms with E-state index < -0.39 is 0 Å². The summed E-state index contributed by atoms with van der Waals surface area (Å²) in [6.07, 6.45) is 0.0422. The van der Waals surface area contributed by atoms with Crippen molar-refractivity contribution in [3.05, 3.63) is 72.2 Å². The minimum atomic E-state index is -0.231. The Bertz CT molecular complexity index is 889. The smallest absolute Gasteiger partial charge is 0.123 e. The van der Waals surface area contributed by atoms with Crippen molar-refractivity contribution in [3.63, 3.8) is 0 Å². The van der Waals surface area contributed by atoms with Crippen LogP contribution >= 0.6 is 0 Å². The molecule has 1 saturated heterocycles. The van der Waals surface area contributed by atoms with Crippen LogP contribution in [-0.4, -0.2) is 31.3 Å². The molecule has 4 rings (SSSR count). The number of aromatic nitrogens is 1. The van der Waals surface area contributed by atoms with E-state index in [4.69, 9.17) is 9.47 Å². The van der Waals surface area contributed by atoms with Gasteiger partial charge in [0.25, 0.3) is 0 Å². The number of halogens is 1. The molecule has 2 atom stereocenters. The Morgan fingerprint density at radius 1 is 1.04 bits per heavy atom. The summed E-state index contributed by atoms with van der Waals surface area (Å²) in [5.74, 6) is 0.612. The second kappa shape index (κ2) is 7.45. The van der Waals surface area contributed by atoms with Gasteiger partial charge in [-0.25, -0.2) is 4.39 Å². The van der Waals surface area contributed by atoms with E-state index in [2.05, 4.69) is 35.0 Å². The van der Waals surface area contributed by atoms with Crippen LogP contribution in [0.15, 0.2) is 60.7 Å². The molecule has 1 aromatic heterocycles. The predicted molar refractivity (Wildman–Crippen MR) is 105 cm³/mol. The predicted octanol–water partition coefficient (Wildman–Crippen LogP) is 4.80. The van der Waals surface area contributed by atoms with Gasteiger partial charge in [-0.05, 0) is 73.2 Å². The maximum Gasteiger partial charge on any atom is 0.123 e. The van der Waals surface area contributed by atoms with Crippen molar-refractivity contribution in [2.24, 2.45) is 0 Å². The monoisotopic (exact) mass is 366 g/mol. The third kappa shape index (κ3) is 3.55. The molecule has 0 aliphatic carbocycles. The van der Waals surface area contributed by atoms with Gasteiger partial charge in [-0.15, -0.1) is 0 Å². The molecule has 2 unspecified atom stereocenters. The van der Waals surface area contributed by atoms with Crippen LogP contribution in [0.2, 0.25) is 0 Å². The highest BCUT2D eigenvalue weighted by atomic mass is 19.1. The van der Waals surface area contributed by atoms with Crippen LogP contribution in [0.1, 0.15) is 18.7 Å². The van der Waals surface area contributed by atoms with Crippen molar-refractivity contribution in [1.29, 1.82) is 0 Å². The molecule has 3 aromatic rings. The summed E-state index contributed by atoms with van der Waals surface area (Å²) in [6, 6.07) is 18.8. The Balaban J connectivity index is 1.65.